The van der Waals surface area contributed by atoms with Crippen LogP contribution < -0.4 is 21.3 Å². The Morgan fingerprint density at radius 1 is 1.38 bits per heavy atom. The van der Waals surface area contributed by atoms with Crippen molar-refractivity contribution < 1.29 is 26.7 Å². The van der Waals surface area contributed by atoms with Gasteiger partial charge in [0.2, 0.25) is 5.91 Å². The lowest BCUT2D eigenvalue weighted by molar-refractivity contribution is -0.144. The number of nitrogens with one attached hydrogen (secondary N) is 2. The Balaban J connectivity index is 1.89. The zero-order valence-electron chi connectivity index (χ0n) is 20.4. The van der Waals surface area contributed by atoms with Gasteiger partial charge >= 0.3 is 6.18 Å². The van der Waals surface area contributed by atoms with Gasteiger partial charge in [-0.3, -0.25) is 9.79 Å². The Hall–Kier alpha value is -4.05. The van der Waals surface area contributed by atoms with Crippen LogP contribution in [0, 0.1) is 18.3 Å². The second-order valence-electron chi connectivity index (χ2n) is 9.00. The van der Waals surface area contributed by atoms with Crippen molar-refractivity contribution in [3.63, 3.8) is 0 Å². The molecule has 0 aliphatic heterocycles. The van der Waals surface area contributed by atoms with E-state index in [2.05, 4.69) is 32.3 Å². The predicted molar refractivity (Wildman–Crippen MR) is 133 cm³/mol. The van der Waals surface area contributed by atoms with Gasteiger partial charge in [-0.15, -0.1) is 0 Å². The number of halogens is 6. The van der Waals surface area contributed by atoms with Gasteiger partial charge in [0.25, 0.3) is 6.43 Å². The highest BCUT2D eigenvalue weighted by Crippen LogP contribution is 2.44. The highest BCUT2D eigenvalue weighted by atomic mass is 35.5. The van der Waals surface area contributed by atoms with Crippen molar-refractivity contribution in [2.45, 2.75) is 44.3 Å². The number of nitrogens with zero attached hydrogens (tertiary/aromatic N) is 5. The SMILES string of the molecule is C=CNc1cc(Cl)ccc1/C=c1\c(C)nc2c(C#N)c(C(F)F)nn2c1=NCC(=O)NC1(CC(F)(F)F)CC1. The van der Waals surface area contributed by atoms with E-state index < -0.39 is 48.3 Å². The minimum absolute atomic E-state index is 0.0868. The molecule has 2 heterocycles. The number of benzene rings is 1. The third-order valence-corrected chi connectivity index (χ3v) is 6.29. The van der Waals surface area contributed by atoms with Crippen molar-refractivity contribution in [1.82, 2.24) is 19.9 Å². The standard InChI is InChI=1S/C25H21ClF5N7O/c1-3-33-18-9-15(26)5-4-14(18)8-16-13(2)35-23-17(10-32)20(21(27)28)37-38(23)22(16)34-11-19(39)36-24(6-7-24)12-25(29,30)31/h3-5,8-9,21,33H,1,6-7,11-12H2,2H3,(H,36,39)/b16-8+,34-22?. The van der Waals surface area contributed by atoms with E-state index in [1.165, 1.54) is 6.20 Å². The molecule has 0 atom stereocenters. The first-order valence-electron chi connectivity index (χ1n) is 11.5. The van der Waals surface area contributed by atoms with E-state index in [4.69, 9.17) is 11.6 Å². The van der Waals surface area contributed by atoms with Crippen LogP contribution >= 0.6 is 11.6 Å². The summed E-state index contributed by atoms with van der Waals surface area (Å²) in [6, 6.07) is 6.57. The Labute approximate surface area is 223 Å². The van der Waals surface area contributed by atoms with E-state index in [1.54, 1.807) is 37.3 Å². The highest BCUT2D eigenvalue weighted by Gasteiger charge is 2.51. The molecule has 39 heavy (non-hydrogen) atoms. The lowest BCUT2D eigenvalue weighted by Crippen LogP contribution is -2.42. The monoisotopic (exact) mass is 565 g/mol. The summed E-state index contributed by atoms with van der Waals surface area (Å²) in [7, 11) is 0. The van der Waals surface area contributed by atoms with Crippen molar-refractivity contribution >= 4 is 34.9 Å². The van der Waals surface area contributed by atoms with Crippen LogP contribution in [-0.2, 0) is 4.79 Å². The zero-order valence-corrected chi connectivity index (χ0v) is 21.2. The van der Waals surface area contributed by atoms with Gasteiger partial charge in [-0.25, -0.2) is 13.8 Å². The summed E-state index contributed by atoms with van der Waals surface area (Å²) in [5.74, 6) is -0.785. The molecule has 1 aliphatic carbocycles. The average molecular weight is 566 g/mol. The molecule has 1 saturated carbocycles. The van der Waals surface area contributed by atoms with Gasteiger partial charge in [0.15, 0.2) is 11.1 Å². The van der Waals surface area contributed by atoms with Crippen LogP contribution in [0.2, 0.25) is 5.02 Å². The van der Waals surface area contributed by atoms with Gasteiger partial charge in [-0.1, -0.05) is 24.2 Å². The minimum Gasteiger partial charge on any atom is -0.362 e. The van der Waals surface area contributed by atoms with Crippen LogP contribution in [0.3, 0.4) is 0 Å². The van der Waals surface area contributed by atoms with Crippen LogP contribution in [0.1, 0.15) is 48.2 Å². The van der Waals surface area contributed by atoms with Crippen LogP contribution in [-0.4, -0.2) is 38.8 Å². The van der Waals surface area contributed by atoms with Crippen LogP contribution in [0.5, 0.6) is 0 Å². The smallest absolute Gasteiger partial charge is 0.362 e. The minimum atomic E-state index is -4.46. The predicted octanol–water partition coefficient (Wildman–Crippen LogP) is 4.11. The zero-order chi connectivity index (χ0) is 28.5. The second-order valence-corrected chi connectivity index (χ2v) is 9.44. The number of rotatable bonds is 8. The summed E-state index contributed by atoms with van der Waals surface area (Å²) in [6.07, 6.45) is -5.35. The van der Waals surface area contributed by atoms with Gasteiger partial charge in [0.1, 0.15) is 23.9 Å². The number of hydrogen-bond acceptors (Lipinski definition) is 6. The number of amides is 1. The molecule has 0 spiro atoms. The number of fused-ring (bicyclic) bond motifs is 1. The molecule has 0 radical (unpaired) electrons. The molecular formula is C25H21ClF5N7O. The van der Waals surface area contributed by atoms with Gasteiger partial charge in [0, 0.05) is 21.5 Å². The van der Waals surface area contributed by atoms with E-state index >= 15 is 0 Å². The third-order valence-electron chi connectivity index (χ3n) is 6.05. The Morgan fingerprint density at radius 2 is 2.10 bits per heavy atom. The number of anilines is 1. The quantitative estimate of drug-likeness (QED) is 0.400. The second kappa shape index (κ2) is 10.6. The number of aromatic nitrogens is 3. The van der Waals surface area contributed by atoms with Crippen LogP contribution in [0.15, 0.2) is 36.0 Å². The third kappa shape index (κ3) is 6.17. The van der Waals surface area contributed by atoms with E-state index in [0.29, 0.717) is 16.3 Å². The van der Waals surface area contributed by atoms with Gasteiger partial charge in [0.05, 0.1) is 12.1 Å². The lowest BCUT2D eigenvalue weighted by atomic mass is 10.1. The summed E-state index contributed by atoms with van der Waals surface area (Å²) in [4.78, 5) is 21.2. The normalized spacial score (nSPS) is 15.5. The van der Waals surface area contributed by atoms with E-state index in [9.17, 15) is 32.0 Å². The molecule has 8 nitrogen and oxygen atoms in total. The van der Waals surface area contributed by atoms with Gasteiger partial charge < -0.3 is 10.6 Å². The molecule has 1 aliphatic rings. The number of nitriles is 1. The summed E-state index contributed by atoms with van der Waals surface area (Å²) in [5, 5.41) is 19.4. The molecule has 4 rings (SSSR count). The average Bonchev–Trinajstić information content (AvgIpc) is 3.46. The fraction of sp³-hybridized carbons (Fsp3) is 0.320. The first-order chi connectivity index (χ1) is 18.4. The molecule has 0 unspecified atom stereocenters. The largest absolute Gasteiger partial charge is 0.391 e. The Morgan fingerprint density at radius 3 is 2.69 bits per heavy atom. The number of hydrogen-bond donors (Lipinski definition) is 2. The summed E-state index contributed by atoms with van der Waals surface area (Å²) < 4.78 is 67.0. The molecule has 3 aromatic rings. The summed E-state index contributed by atoms with van der Waals surface area (Å²) in [5.41, 5.74) is -1.56. The van der Waals surface area contributed by atoms with Gasteiger partial charge in [-0.05, 0) is 49.7 Å². The van der Waals surface area contributed by atoms with Crippen molar-refractivity contribution in [3.8, 4) is 6.07 Å². The number of carbonyl (C=O) groups excluding carboxylic acids is 1. The summed E-state index contributed by atoms with van der Waals surface area (Å²) in [6.45, 7) is 4.56. The maximum absolute atomic E-state index is 13.7. The fourth-order valence-corrected chi connectivity index (χ4v) is 4.33. The maximum Gasteiger partial charge on any atom is 0.391 e. The molecule has 2 N–H and O–H groups in total. The van der Waals surface area contributed by atoms with Crippen LogP contribution in [0.4, 0.5) is 27.6 Å². The van der Waals surface area contributed by atoms with Gasteiger partial charge in [-0.2, -0.15) is 28.0 Å². The van der Waals surface area contributed by atoms with Crippen molar-refractivity contribution in [2.24, 2.45) is 4.99 Å². The van der Waals surface area contributed by atoms with E-state index in [1.807, 2.05) is 0 Å². The maximum atomic E-state index is 13.7. The van der Waals surface area contributed by atoms with E-state index in [-0.39, 0.29) is 34.9 Å². The fourth-order valence-electron chi connectivity index (χ4n) is 4.16. The molecule has 1 amide bonds. The molecule has 204 valence electrons. The summed E-state index contributed by atoms with van der Waals surface area (Å²) >= 11 is 6.09. The molecule has 2 aromatic heterocycles. The Bertz CT molecular complexity index is 1620. The highest BCUT2D eigenvalue weighted by molar-refractivity contribution is 6.30. The molecular weight excluding hydrogens is 545 g/mol. The van der Waals surface area contributed by atoms with Crippen molar-refractivity contribution in [1.29, 1.82) is 5.26 Å². The van der Waals surface area contributed by atoms with Crippen molar-refractivity contribution in [3.05, 3.63) is 69.2 Å². The van der Waals surface area contributed by atoms with E-state index in [0.717, 1.165) is 4.52 Å². The Kier molecular flexibility index (Phi) is 7.61. The number of aryl methyl sites for hydroxylation is 1. The lowest BCUT2D eigenvalue weighted by Gasteiger charge is -2.18. The first kappa shape index (κ1) is 28.0. The molecule has 14 heteroatoms. The molecule has 1 fully saturated rings. The van der Waals surface area contributed by atoms with Crippen molar-refractivity contribution in [2.75, 3.05) is 11.9 Å². The molecule has 1 aromatic carbocycles. The number of carbonyl (C=O) groups is 1. The van der Waals surface area contributed by atoms with Crippen LogP contribution in [0.25, 0.3) is 11.7 Å². The first-order valence-corrected chi connectivity index (χ1v) is 11.9. The molecule has 0 bridgehead atoms. The topological polar surface area (TPSA) is 107 Å². The number of alkyl halides is 5. The molecule has 0 saturated heterocycles.